The SMILES string of the molecule is CC(O)(CO)CNCCC#N. The van der Waals surface area contributed by atoms with Gasteiger partial charge < -0.3 is 15.5 Å². The summed E-state index contributed by atoms with van der Waals surface area (Å²) >= 11 is 0. The minimum absolute atomic E-state index is 0.271. The average Bonchev–Trinajstić information content (AvgIpc) is 1.99. The highest BCUT2D eigenvalue weighted by Gasteiger charge is 2.17. The second-order valence-corrected chi connectivity index (χ2v) is 2.74. The molecule has 0 aromatic rings. The summed E-state index contributed by atoms with van der Waals surface area (Å²) in [5.41, 5.74) is -1.07. The number of nitriles is 1. The Morgan fingerprint density at radius 1 is 1.64 bits per heavy atom. The first-order valence-corrected chi connectivity index (χ1v) is 3.53. The number of aliphatic hydroxyl groups excluding tert-OH is 1. The first-order valence-electron chi connectivity index (χ1n) is 3.53. The molecule has 0 fully saturated rings. The zero-order chi connectivity index (χ0) is 8.74. The van der Waals surface area contributed by atoms with Crippen LogP contribution in [0.4, 0.5) is 0 Å². The summed E-state index contributed by atoms with van der Waals surface area (Å²) < 4.78 is 0. The minimum atomic E-state index is -1.07. The third kappa shape index (κ3) is 5.80. The van der Waals surface area contributed by atoms with Gasteiger partial charge in [0.2, 0.25) is 0 Å². The lowest BCUT2D eigenvalue weighted by Gasteiger charge is -2.20. The van der Waals surface area contributed by atoms with Crippen molar-refractivity contribution in [2.45, 2.75) is 18.9 Å². The van der Waals surface area contributed by atoms with Crippen molar-refractivity contribution in [3.8, 4) is 6.07 Å². The number of aliphatic hydroxyl groups is 2. The Morgan fingerprint density at radius 2 is 2.27 bits per heavy atom. The van der Waals surface area contributed by atoms with Gasteiger partial charge in [0.25, 0.3) is 0 Å². The van der Waals surface area contributed by atoms with E-state index in [-0.39, 0.29) is 6.61 Å². The first kappa shape index (κ1) is 10.4. The molecule has 0 aliphatic rings. The van der Waals surface area contributed by atoms with Gasteiger partial charge in [0, 0.05) is 19.5 Å². The van der Waals surface area contributed by atoms with Crippen LogP contribution in [0.5, 0.6) is 0 Å². The van der Waals surface area contributed by atoms with Gasteiger partial charge in [0.15, 0.2) is 0 Å². The average molecular weight is 158 g/mol. The summed E-state index contributed by atoms with van der Waals surface area (Å²) in [5, 5.41) is 28.8. The fraction of sp³-hybridized carbons (Fsp3) is 0.857. The molecule has 0 aromatic heterocycles. The van der Waals surface area contributed by atoms with Crippen molar-refractivity contribution in [1.29, 1.82) is 5.26 Å². The maximum Gasteiger partial charge on any atom is 0.0972 e. The molecule has 0 spiro atoms. The van der Waals surface area contributed by atoms with E-state index >= 15 is 0 Å². The lowest BCUT2D eigenvalue weighted by atomic mass is 10.1. The van der Waals surface area contributed by atoms with Gasteiger partial charge in [-0.15, -0.1) is 0 Å². The molecule has 0 saturated heterocycles. The second kappa shape index (κ2) is 5.08. The molecule has 0 amide bonds. The normalized spacial score (nSPS) is 15.5. The number of rotatable bonds is 5. The number of nitrogens with one attached hydrogen (secondary N) is 1. The molecular formula is C7H14N2O2. The van der Waals surface area contributed by atoms with Crippen LogP contribution in [0.25, 0.3) is 0 Å². The molecule has 0 bridgehead atoms. The summed E-state index contributed by atoms with van der Waals surface area (Å²) in [6.45, 7) is 2.12. The van der Waals surface area contributed by atoms with Crippen LogP contribution in [0.2, 0.25) is 0 Å². The molecule has 0 saturated carbocycles. The standard InChI is InChI=1S/C7H14N2O2/c1-7(11,6-10)5-9-4-2-3-8/h9-11H,2,4-6H2,1H3. The van der Waals surface area contributed by atoms with E-state index in [9.17, 15) is 5.11 Å². The molecule has 0 aromatic carbocycles. The molecule has 4 heteroatoms. The largest absolute Gasteiger partial charge is 0.393 e. The maximum atomic E-state index is 9.23. The van der Waals surface area contributed by atoms with Crippen molar-refractivity contribution in [3.63, 3.8) is 0 Å². The van der Waals surface area contributed by atoms with Crippen molar-refractivity contribution in [2.24, 2.45) is 0 Å². The summed E-state index contributed by atoms with van der Waals surface area (Å²) in [5.74, 6) is 0. The predicted molar refractivity (Wildman–Crippen MR) is 40.8 cm³/mol. The van der Waals surface area contributed by atoms with Crippen LogP contribution in [0.3, 0.4) is 0 Å². The van der Waals surface area contributed by atoms with Gasteiger partial charge in [-0.3, -0.25) is 0 Å². The fourth-order valence-corrected chi connectivity index (χ4v) is 0.558. The van der Waals surface area contributed by atoms with E-state index in [1.807, 2.05) is 6.07 Å². The van der Waals surface area contributed by atoms with E-state index in [2.05, 4.69) is 5.32 Å². The zero-order valence-corrected chi connectivity index (χ0v) is 6.67. The van der Waals surface area contributed by atoms with Crippen molar-refractivity contribution in [3.05, 3.63) is 0 Å². The Balaban J connectivity index is 3.32. The van der Waals surface area contributed by atoms with Gasteiger partial charge in [-0.25, -0.2) is 0 Å². The molecule has 0 rings (SSSR count). The van der Waals surface area contributed by atoms with Crippen LogP contribution in [-0.2, 0) is 0 Å². The third-order valence-electron chi connectivity index (χ3n) is 1.26. The van der Waals surface area contributed by atoms with E-state index in [1.165, 1.54) is 6.92 Å². The molecule has 11 heavy (non-hydrogen) atoms. The summed E-state index contributed by atoms with van der Waals surface area (Å²) in [4.78, 5) is 0. The highest BCUT2D eigenvalue weighted by atomic mass is 16.3. The van der Waals surface area contributed by atoms with Crippen LogP contribution < -0.4 is 5.32 Å². The van der Waals surface area contributed by atoms with Gasteiger partial charge in [0.05, 0.1) is 18.3 Å². The maximum absolute atomic E-state index is 9.23. The highest BCUT2D eigenvalue weighted by Crippen LogP contribution is 1.97. The third-order valence-corrected chi connectivity index (χ3v) is 1.26. The Hall–Kier alpha value is -0.630. The van der Waals surface area contributed by atoms with Gasteiger partial charge >= 0.3 is 0 Å². The molecule has 0 radical (unpaired) electrons. The Morgan fingerprint density at radius 3 is 2.73 bits per heavy atom. The fourth-order valence-electron chi connectivity index (χ4n) is 0.558. The highest BCUT2D eigenvalue weighted by molar-refractivity contribution is 4.76. The molecule has 0 aliphatic heterocycles. The van der Waals surface area contributed by atoms with Crippen molar-refractivity contribution in [2.75, 3.05) is 19.7 Å². The molecule has 1 unspecified atom stereocenters. The number of nitrogens with zero attached hydrogens (tertiary/aromatic N) is 1. The molecule has 0 heterocycles. The van der Waals surface area contributed by atoms with E-state index in [1.54, 1.807) is 0 Å². The van der Waals surface area contributed by atoms with Crippen LogP contribution in [0, 0.1) is 11.3 Å². The Kier molecular flexibility index (Phi) is 4.79. The Bertz CT molecular complexity index is 140. The van der Waals surface area contributed by atoms with Crippen molar-refractivity contribution >= 4 is 0 Å². The Labute approximate surface area is 66.5 Å². The lowest BCUT2D eigenvalue weighted by molar-refractivity contribution is 0.00303. The van der Waals surface area contributed by atoms with Crippen LogP contribution in [-0.4, -0.2) is 35.5 Å². The molecule has 4 nitrogen and oxygen atoms in total. The predicted octanol–water partition coefficient (Wildman–Crippen LogP) is -0.767. The first-order chi connectivity index (χ1) is 5.12. The number of hydrogen-bond acceptors (Lipinski definition) is 4. The zero-order valence-electron chi connectivity index (χ0n) is 6.67. The van der Waals surface area contributed by atoms with Gasteiger partial charge in [-0.2, -0.15) is 5.26 Å². The van der Waals surface area contributed by atoms with Crippen LogP contribution >= 0.6 is 0 Å². The van der Waals surface area contributed by atoms with E-state index < -0.39 is 5.60 Å². The molecular weight excluding hydrogens is 144 g/mol. The monoisotopic (exact) mass is 158 g/mol. The number of hydrogen-bond donors (Lipinski definition) is 3. The lowest BCUT2D eigenvalue weighted by Crippen LogP contribution is -2.41. The van der Waals surface area contributed by atoms with Crippen molar-refractivity contribution in [1.82, 2.24) is 5.32 Å². The molecule has 1 atom stereocenters. The van der Waals surface area contributed by atoms with Crippen LogP contribution in [0.15, 0.2) is 0 Å². The molecule has 3 N–H and O–H groups in total. The van der Waals surface area contributed by atoms with Gasteiger partial charge in [0.1, 0.15) is 0 Å². The summed E-state index contributed by atoms with van der Waals surface area (Å²) in [7, 11) is 0. The smallest absolute Gasteiger partial charge is 0.0972 e. The molecule has 64 valence electrons. The van der Waals surface area contributed by atoms with E-state index in [0.29, 0.717) is 19.5 Å². The van der Waals surface area contributed by atoms with E-state index in [0.717, 1.165) is 0 Å². The molecule has 0 aliphatic carbocycles. The van der Waals surface area contributed by atoms with Gasteiger partial charge in [-0.1, -0.05) is 0 Å². The van der Waals surface area contributed by atoms with Crippen LogP contribution in [0.1, 0.15) is 13.3 Å². The summed E-state index contributed by atoms with van der Waals surface area (Å²) in [6.07, 6.45) is 0.418. The van der Waals surface area contributed by atoms with Crippen molar-refractivity contribution < 1.29 is 10.2 Å². The van der Waals surface area contributed by atoms with Gasteiger partial charge in [-0.05, 0) is 6.92 Å². The summed E-state index contributed by atoms with van der Waals surface area (Å²) in [6, 6.07) is 1.97. The second-order valence-electron chi connectivity index (χ2n) is 2.74. The topological polar surface area (TPSA) is 76.3 Å². The minimum Gasteiger partial charge on any atom is -0.393 e. The van der Waals surface area contributed by atoms with E-state index in [4.69, 9.17) is 10.4 Å². The quantitative estimate of drug-likeness (QED) is 0.459.